The summed E-state index contributed by atoms with van der Waals surface area (Å²) < 4.78 is 0. The minimum absolute atomic E-state index is 0.00692. The monoisotopic (exact) mass is 369 g/mol. The first kappa shape index (κ1) is 18.3. The van der Waals surface area contributed by atoms with E-state index in [1.165, 1.54) is 18.4 Å². The van der Waals surface area contributed by atoms with Crippen molar-refractivity contribution in [1.29, 1.82) is 0 Å². The topological polar surface area (TPSA) is 52.7 Å². The van der Waals surface area contributed by atoms with E-state index in [0.717, 1.165) is 63.5 Å². The quantitative estimate of drug-likeness (QED) is 0.875. The molecule has 2 heterocycles. The van der Waals surface area contributed by atoms with Gasteiger partial charge in [0.25, 0.3) is 0 Å². The van der Waals surface area contributed by atoms with E-state index in [4.69, 9.17) is 0 Å². The summed E-state index contributed by atoms with van der Waals surface area (Å²) in [6.07, 6.45) is 7.15. The number of rotatable bonds is 4. The fraction of sp³-hybridized carbons (Fsp3) is 0.636. The van der Waals surface area contributed by atoms with Gasteiger partial charge in [0, 0.05) is 38.3 Å². The van der Waals surface area contributed by atoms with Crippen molar-refractivity contribution in [2.24, 2.45) is 11.3 Å². The van der Waals surface area contributed by atoms with Crippen LogP contribution < -0.4 is 5.32 Å². The van der Waals surface area contributed by atoms with Crippen LogP contribution in [0.15, 0.2) is 24.3 Å². The lowest BCUT2D eigenvalue weighted by atomic mass is 9.72. The Morgan fingerprint density at radius 2 is 1.93 bits per heavy atom. The molecule has 0 aromatic heterocycles. The molecule has 0 atom stereocenters. The molecule has 146 valence electrons. The summed E-state index contributed by atoms with van der Waals surface area (Å²) in [6, 6.07) is 8.02. The molecule has 1 saturated carbocycles. The van der Waals surface area contributed by atoms with E-state index < -0.39 is 0 Å². The van der Waals surface area contributed by atoms with Gasteiger partial charge in [-0.05, 0) is 61.5 Å². The summed E-state index contributed by atoms with van der Waals surface area (Å²) in [5.41, 5.74) is 2.31. The Hall–Kier alpha value is -2.04. The predicted octanol–water partition coefficient (Wildman–Crippen LogP) is 3.90. The number of carbonyl (C=O) groups is 2. The number of para-hydroxylation sites is 1. The number of anilines is 1. The summed E-state index contributed by atoms with van der Waals surface area (Å²) in [5, 5.41) is 3.10. The maximum absolute atomic E-state index is 12.7. The van der Waals surface area contributed by atoms with E-state index >= 15 is 0 Å². The van der Waals surface area contributed by atoms with Crippen molar-refractivity contribution in [2.75, 3.05) is 31.5 Å². The molecule has 0 unspecified atom stereocenters. The van der Waals surface area contributed by atoms with Crippen LogP contribution >= 0.6 is 0 Å². The lowest BCUT2D eigenvalue weighted by Crippen LogP contribution is -2.53. The van der Waals surface area contributed by atoms with Crippen LogP contribution in [0.1, 0.15) is 51.0 Å². The molecule has 1 N–H and O–H groups in total. The van der Waals surface area contributed by atoms with Crippen LogP contribution in [0.3, 0.4) is 0 Å². The molecule has 4 rings (SSSR count). The number of aryl methyl sites for hydroxylation is 1. The van der Waals surface area contributed by atoms with Crippen molar-refractivity contribution in [3.63, 3.8) is 0 Å². The van der Waals surface area contributed by atoms with Crippen LogP contribution in [-0.2, 0) is 11.2 Å². The first-order valence-corrected chi connectivity index (χ1v) is 10.5. The van der Waals surface area contributed by atoms with Gasteiger partial charge in [-0.1, -0.05) is 25.1 Å². The Kier molecular flexibility index (Phi) is 5.11. The molecule has 5 nitrogen and oxygen atoms in total. The standard InChI is InChI=1S/C22H31N3O2/c1-2-18-5-3-4-6-19(18)23-21(27)24-13-11-22(12-14-24)10-9-20(26)25(16-22)15-17-7-8-17/h3-6,17H,2,7-16H2,1H3,(H,23,27). The van der Waals surface area contributed by atoms with Crippen LogP contribution in [-0.4, -0.2) is 47.9 Å². The molecular weight excluding hydrogens is 338 g/mol. The van der Waals surface area contributed by atoms with Crippen molar-refractivity contribution in [3.8, 4) is 0 Å². The zero-order valence-electron chi connectivity index (χ0n) is 16.4. The first-order valence-electron chi connectivity index (χ1n) is 10.5. The number of amides is 3. The zero-order valence-corrected chi connectivity index (χ0v) is 16.4. The van der Waals surface area contributed by atoms with Gasteiger partial charge >= 0.3 is 6.03 Å². The molecule has 1 aromatic carbocycles. The van der Waals surface area contributed by atoms with Crippen LogP contribution in [0.5, 0.6) is 0 Å². The van der Waals surface area contributed by atoms with Gasteiger partial charge in [0.1, 0.15) is 0 Å². The van der Waals surface area contributed by atoms with Crippen molar-refractivity contribution in [2.45, 2.75) is 51.9 Å². The van der Waals surface area contributed by atoms with Crippen molar-refractivity contribution in [3.05, 3.63) is 29.8 Å². The van der Waals surface area contributed by atoms with E-state index in [9.17, 15) is 9.59 Å². The van der Waals surface area contributed by atoms with E-state index in [0.29, 0.717) is 12.3 Å². The van der Waals surface area contributed by atoms with Gasteiger partial charge in [-0.25, -0.2) is 4.79 Å². The summed E-state index contributed by atoms with van der Waals surface area (Å²) in [4.78, 5) is 29.1. The van der Waals surface area contributed by atoms with E-state index in [1.54, 1.807) is 0 Å². The highest BCUT2D eigenvalue weighted by Crippen LogP contribution is 2.41. The maximum Gasteiger partial charge on any atom is 0.321 e. The molecule has 3 aliphatic rings. The highest BCUT2D eigenvalue weighted by Gasteiger charge is 2.42. The molecule has 3 amide bonds. The summed E-state index contributed by atoms with van der Waals surface area (Å²) in [5.74, 6) is 1.08. The third-order valence-corrected chi connectivity index (χ3v) is 6.67. The average molecular weight is 370 g/mol. The summed E-state index contributed by atoms with van der Waals surface area (Å²) >= 11 is 0. The fourth-order valence-electron chi connectivity index (χ4n) is 4.62. The third kappa shape index (κ3) is 4.12. The Balaban J connectivity index is 1.34. The molecule has 0 bridgehead atoms. The summed E-state index contributed by atoms with van der Waals surface area (Å²) in [7, 11) is 0. The molecule has 0 radical (unpaired) electrons. The van der Waals surface area contributed by atoms with Crippen LogP contribution in [0, 0.1) is 11.3 Å². The Morgan fingerprint density at radius 3 is 2.63 bits per heavy atom. The molecule has 3 fully saturated rings. The van der Waals surface area contributed by atoms with Crippen molar-refractivity contribution in [1.82, 2.24) is 9.80 Å². The minimum atomic E-state index is 0.00692. The first-order chi connectivity index (χ1) is 13.1. The molecule has 2 aliphatic heterocycles. The average Bonchev–Trinajstić information content (AvgIpc) is 3.50. The number of nitrogens with one attached hydrogen (secondary N) is 1. The van der Waals surface area contributed by atoms with Gasteiger partial charge in [-0.3, -0.25) is 4.79 Å². The second kappa shape index (κ2) is 7.53. The number of hydrogen-bond donors (Lipinski definition) is 1. The molecule has 27 heavy (non-hydrogen) atoms. The zero-order chi connectivity index (χ0) is 18.9. The molecule has 5 heteroatoms. The largest absolute Gasteiger partial charge is 0.342 e. The SMILES string of the molecule is CCc1ccccc1NC(=O)N1CCC2(CCC(=O)N(CC3CC3)C2)CC1. The Bertz CT molecular complexity index is 705. The van der Waals surface area contributed by atoms with Gasteiger partial charge < -0.3 is 15.1 Å². The van der Waals surface area contributed by atoms with E-state index in [1.807, 2.05) is 23.1 Å². The van der Waals surface area contributed by atoms with Crippen molar-refractivity contribution >= 4 is 17.6 Å². The van der Waals surface area contributed by atoms with Gasteiger partial charge in [0.05, 0.1) is 0 Å². The number of carbonyl (C=O) groups excluding carboxylic acids is 2. The highest BCUT2D eigenvalue weighted by atomic mass is 16.2. The second-order valence-corrected chi connectivity index (χ2v) is 8.65. The molecule has 1 spiro atoms. The maximum atomic E-state index is 12.7. The summed E-state index contributed by atoms with van der Waals surface area (Å²) in [6.45, 7) is 5.53. The molecule has 1 aromatic rings. The molecular formula is C22H31N3O2. The Morgan fingerprint density at radius 1 is 1.19 bits per heavy atom. The van der Waals surface area contributed by atoms with Crippen LogP contribution in [0.25, 0.3) is 0 Å². The number of urea groups is 1. The van der Waals surface area contributed by atoms with E-state index in [2.05, 4.69) is 23.2 Å². The number of nitrogens with zero attached hydrogens (tertiary/aromatic N) is 2. The molecule has 2 saturated heterocycles. The van der Waals surface area contributed by atoms with Crippen LogP contribution in [0.2, 0.25) is 0 Å². The van der Waals surface area contributed by atoms with Gasteiger partial charge in [0.15, 0.2) is 0 Å². The fourth-order valence-corrected chi connectivity index (χ4v) is 4.62. The number of piperidine rings is 2. The lowest BCUT2D eigenvalue weighted by molar-refractivity contribution is -0.139. The lowest BCUT2D eigenvalue weighted by Gasteiger charge is -2.47. The normalized spacial score (nSPS) is 22.2. The van der Waals surface area contributed by atoms with E-state index in [-0.39, 0.29) is 11.4 Å². The number of hydrogen-bond acceptors (Lipinski definition) is 2. The third-order valence-electron chi connectivity index (χ3n) is 6.67. The highest BCUT2D eigenvalue weighted by molar-refractivity contribution is 5.90. The van der Waals surface area contributed by atoms with Gasteiger partial charge in [-0.15, -0.1) is 0 Å². The second-order valence-electron chi connectivity index (χ2n) is 8.65. The number of likely N-dealkylation sites (tertiary alicyclic amines) is 2. The smallest absolute Gasteiger partial charge is 0.321 e. The van der Waals surface area contributed by atoms with Crippen molar-refractivity contribution < 1.29 is 9.59 Å². The van der Waals surface area contributed by atoms with Gasteiger partial charge in [-0.2, -0.15) is 0 Å². The number of benzene rings is 1. The Labute approximate surface area is 162 Å². The minimum Gasteiger partial charge on any atom is -0.342 e. The van der Waals surface area contributed by atoms with Gasteiger partial charge in [0.2, 0.25) is 5.91 Å². The van der Waals surface area contributed by atoms with Crippen LogP contribution in [0.4, 0.5) is 10.5 Å². The predicted molar refractivity (Wildman–Crippen MR) is 107 cm³/mol. The molecule has 1 aliphatic carbocycles.